The number of nitrogens with one attached hydrogen (secondary N) is 1. The van der Waals surface area contributed by atoms with Gasteiger partial charge in [0, 0.05) is 5.56 Å². The Bertz CT molecular complexity index is 647. The maximum Gasteiger partial charge on any atom is 0.122 e. The topological polar surface area (TPSA) is 59.1 Å². The van der Waals surface area contributed by atoms with E-state index in [2.05, 4.69) is 19.9 Å². The van der Waals surface area contributed by atoms with Crippen LogP contribution in [-0.2, 0) is 6.61 Å². The van der Waals surface area contributed by atoms with E-state index in [4.69, 9.17) is 15.9 Å². The highest BCUT2D eigenvalue weighted by Crippen LogP contribution is 2.22. The molecule has 20 heavy (non-hydrogen) atoms. The van der Waals surface area contributed by atoms with E-state index in [1.54, 1.807) is 0 Å². The number of amidine groups is 1. The fourth-order valence-electron chi connectivity index (χ4n) is 2.06. The van der Waals surface area contributed by atoms with Crippen LogP contribution < -0.4 is 10.5 Å². The molecule has 0 radical (unpaired) electrons. The lowest BCUT2D eigenvalue weighted by Gasteiger charge is -2.13. The number of nitrogen functional groups attached to an aromatic ring is 1. The second kappa shape index (κ2) is 5.78. The Hall–Kier alpha value is -2.29. The largest absolute Gasteiger partial charge is 0.489 e. The van der Waals surface area contributed by atoms with Crippen molar-refractivity contribution in [3.05, 3.63) is 64.2 Å². The van der Waals surface area contributed by atoms with Crippen LogP contribution in [0.1, 0.15) is 27.8 Å². The molecule has 0 aliphatic heterocycles. The fourth-order valence-corrected chi connectivity index (χ4v) is 2.06. The molecule has 0 spiro atoms. The third kappa shape index (κ3) is 2.99. The van der Waals surface area contributed by atoms with Crippen molar-refractivity contribution in [3.8, 4) is 5.75 Å². The standard InChI is InChI=1S/C17H20N2O/c1-11-5-4-6-16(13(11)3)20-10-15-8-7-14(17(18)19)9-12(15)2/h4-9H,10H2,1-3H3,(H3,18,19). The molecule has 3 N–H and O–H groups in total. The zero-order chi connectivity index (χ0) is 14.7. The van der Waals surface area contributed by atoms with E-state index in [0.29, 0.717) is 6.61 Å². The van der Waals surface area contributed by atoms with Crippen LogP contribution in [0.2, 0.25) is 0 Å². The van der Waals surface area contributed by atoms with Crippen LogP contribution in [0.3, 0.4) is 0 Å². The average molecular weight is 268 g/mol. The van der Waals surface area contributed by atoms with Crippen molar-refractivity contribution >= 4 is 5.84 Å². The molecule has 2 aromatic carbocycles. The van der Waals surface area contributed by atoms with Gasteiger partial charge in [0.1, 0.15) is 18.2 Å². The number of hydrogen-bond donors (Lipinski definition) is 2. The lowest BCUT2D eigenvalue weighted by Crippen LogP contribution is -2.11. The first-order valence-electron chi connectivity index (χ1n) is 6.62. The first-order valence-corrected chi connectivity index (χ1v) is 6.62. The van der Waals surface area contributed by atoms with Crippen LogP contribution in [0.15, 0.2) is 36.4 Å². The summed E-state index contributed by atoms with van der Waals surface area (Å²) in [6, 6.07) is 11.8. The maximum atomic E-state index is 7.44. The van der Waals surface area contributed by atoms with E-state index in [9.17, 15) is 0 Å². The average Bonchev–Trinajstić information content (AvgIpc) is 2.41. The second-order valence-electron chi connectivity index (χ2n) is 5.04. The lowest BCUT2D eigenvalue weighted by atomic mass is 10.0. The second-order valence-corrected chi connectivity index (χ2v) is 5.04. The third-order valence-corrected chi connectivity index (χ3v) is 3.59. The van der Waals surface area contributed by atoms with Gasteiger partial charge in [-0.1, -0.05) is 24.3 Å². The highest BCUT2D eigenvalue weighted by atomic mass is 16.5. The van der Waals surface area contributed by atoms with Crippen molar-refractivity contribution in [2.45, 2.75) is 27.4 Å². The molecule has 2 aromatic rings. The Balaban J connectivity index is 2.15. The molecule has 0 aromatic heterocycles. The minimum Gasteiger partial charge on any atom is -0.489 e. The fraction of sp³-hybridized carbons (Fsp3) is 0.235. The van der Waals surface area contributed by atoms with E-state index < -0.39 is 0 Å². The summed E-state index contributed by atoms with van der Waals surface area (Å²) >= 11 is 0. The van der Waals surface area contributed by atoms with E-state index in [1.807, 2.05) is 37.3 Å². The summed E-state index contributed by atoms with van der Waals surface area (Å²) in [6.45, 7) is 6.67. The Labute approximate surface area is 119 Å². The van der Waals surface area contributed by atoms with Crippen molar-refractivity contribution in [2.24, 2.45) is 5.73 Å². The number of aryl methyl sites for hydroxylation is 2. The van der Waals surface area contributed by atoms with Gasteiger partial charge in [-0.2, -0.15) is 0 Å². The van der Waals surface area contributed by atoms with Crippen molar-refractivity contribution < 1.29 is 4.74 Å². The molecule has 3 nitrogen and oxygen atoms in total. The van der Waals surface area contributed by atoms with Gasteiger partial charge in [-0.3, -0.25) is 5.41 Å². The smallest absolute Gasteiger partial charge is 0.122 e. The van der Waals surface area contributed by atoms with Gasteiger partial charge in [-0.25, -0.2) is 0 Å². The highest BCUT2D eigenvalue weighted by Gasteiger charge is 2.05. The summed E-state index contributed by atoms with van der Waals surface area (Å²) in [7, 11) is 0. The first kappa shape index (κ1) is 14.1. The van der Waals surface area contributed by atoms with Gasteiger partial charge in [0.05, 0.1) is 0 Å². The van der Waals surface area contributed by atoms with Crippen molar-refractivity contribution in [2.75, 3.05) is 0 Å². The molecule has 0 bridgehead atoms. The van der Waals surface area contributed by atoms with E-state index >= 15 is 0 Å². The predicted molar refractivity (Wildman–Crippen MR) is 82.4 cm³/mol. The Kier molecular flexibility index (Phi) is 4.08. The number of hydrogen-bond acceptors (Lipinski definition) is 2. The summed E-state index contributed by atoms with van der Waals surface area (Å²) in [5, 5.41) is 7.44. The van der Waals surface area contributed by atoms with Crippen molar-refractivity contribution in [3.63, 3.8) is 0 Å². The molecule has 2 rings (SSSR count). The summed E-state index contributed by atoms with van der Waals surface area (Å²) in [4.78, 5) is 0. The zero-order valence-corrected chi connectivity index (χ0v) is 12.2. The molecule has 104 valence electrons. The molecule has 0 fully saturated rings. The molecule has 0 saturated carbocycles. The Morgan fingerprint density at radius 3 is 2.50 bits per heavy atom. The van der Waals surface area contributed by atoms with Gasteiger partial charge in [0.15, 0.2) is 0 Å². The monoisotopic (exact) mass is 268 g/mol. The van der Waals surface area contributed by atoms with Crippen LogP contribution in [-0.4, -0.2) is 5.84 Å². The van der Waals surface area contributed by atoms with Crippen molar-refractivity contribution in [1.82, 2.24) is 0 Å². The maximum absolute atomic E-state index is 7.44. The summed E-state index contributed by atoms with van der Waals surface area (Å²) in [6.07, 6.45) is 0. The normalized spacial score (nSPS) is 10.3. The molecule has 0 atom stereocenters. The van der Waals surface area contributed by atoms with Gasteiger partial charge < -0.3 is 10.5 Å². The predicted octanol–water partition coefficient (Wildman–Crippen LogP) is 3.47. The minimum atomic E-state index is 0.0927. The molecule has 3 heteroatoms. The summed E-state index contributed by atoms with van der Waals surface area (Å²) in [5.41, 5.74) is 10.8. The summed E-state index contributed by atoms with van der Waals surface area (Å²) in [5.74, 6) is 1.01. The van der Waals surface area contributed by atoms with Crippen LogP contribution in [0.4, 0.5) is 0 Å². The molecule has 0 aliphatic rings. The van der Waals surface area contributed by atoms with Gasteiger partial charge >= 0.3 is 0 Å². The molecule has 0 unspecified atom stereocenters. The van der Waals surface area contributed by atoms with Crippen LogP contribution in [0, 0.1) is 26.2 Å². The number of nitrogens with two attached hydrogens (primary N) is 1. The van der Waals surface area contributed by atoms with Gasteiger partial charge in [0.2, 0.25) is 0 Å². The molecule has 0 amide bonds. The van der Waals surface area contributed by atoms with Crippen LogP contribution >= 0.6 is 0 Å². The molecular formula is C17H20N2O. The minimum absolute atomic E-state index is 0.0927. The van der Waals surface area contributed by atoms with Crippen LogP contribution in [0.5, 0.6) is 5.75 Å². The lowest BCUT2D eigenvalue weighted by molar-refractivity contribution is 0.303. The van der Waals surface area contributed by atoms with Gasteiger partial charge in [-0.05, 0) is 55.2 Å². The molecular weight excluding hydrogens is 248 g/mol. The molecule has 0 saturated heterocycles. The first-order chi connectivity index (χ1) is 9.49. The SMILES string of the molecule is Cc1cc(C(=N)N)ccc1COc1cccc(C)c1C. The Morgan fingerprint density at radius 1 is 1.10 bits per heavy atom. The molecule has 0 aliphatic carbocycles. The third-order valence-electron chi connectivity index (χ3n) is 3.59. The number of ether oxygens (including phenoxy) is 1. The van der Waals surface area contributed by atoms with E-state index in [-0.39, 0.29) is 5.84 Å². The van der Waals surface area contributed by atoms with E-state index in [1.165, 1.54) is 11.1 Å². The number of rotatable bonds is 4. The Morgan fingerprint density at radius 2 is 1.85 bits per heavy atom. The zero-order valence-electron chi connectivity index (χ0n) is 12.2. The van der Waals surface area contributed by atoms with Crippen molar-refractivity contribution in [1.29, 1.82) is 5.41 Å². The number of benzene rings is 2. The molecule has 0 heterocycles. The summed E-state index contributed by atoms with van der Waals surface area (Å²) < 4.78 is 5.90. The van der Waals surface area contributed by atoms with Crippen LogP contribution in [0.25, 0.3) is 0 Å². The highest BCUT2D eigenvalue weighted by molar-refractivity contribution is 5.95. The van der Waals surface area contributed by atoms with Gasteiger partial charge in [-0.15, -0.1) is 0 Å². The quantitative estimate of drug-likeness (QED) is 0.659. The van der Waals surface area contributed by atoms with Gasteiger partial charge in [0.25, 0.3) is 0 Å². The van der Waals surface area contributed by atoms with E-state index in [0.717, 1.165) is 22.4 Å².